The van der Waals surface area contributed by atoms with Gasteiger partial charge in [-0.15, -0.1) is 11.8 Å². The standard InChI is InChI=1S/C14H16FNO2S/c1-14(2,3)18-13(17)9-19-8-10-4-5-12(15)11(6-10)7-16/h4-6H,8-9H2,1-3H3. The van der Waals surface area contributed by atoms with Gasteiger partial charge in [-0.2, -0.15) is 5.26 Å². The molecule has 0 radical (unpaired) electrons. The first kappa shape index (κ1) is 15.5. The number of hydrogen-bond donors (Lipinski definition) is 0. The Kier molecular flexibility index (Phi) is 5.37. The zero-order valence-electron chi connectivity index (χ0n) is 11.2. The number of ether oxygens (including phenoxy) is 1. The van der Waals surface area contributed by atoms with Crippen LogP contribution in [0.15, 0.2) is 18.2 Å². The molecule has 1 rings (SSSR count). The fraction of sp³-hybridized carbons (Fsp3) is 0.429. The number of nitrogens with zero attached hydrogens (tertiary/aromatic N) is 1. The minimum atomic E-state index is -0.525. The van der Waals surface area contributed by atoms with Gasteiger partial charge in [0.2, 0.25) is 0 Å². The van der Waals surface area contributed by atoms with Gasteiger partial charge in [0.15, 0.2) is 0 Å². The number of carbonyl (C=O) groups is 1. The van der Waals surface area contributed by atoms with Gasteiger partial charge in [0.25, 0.3) is 0 Å². The summed E-state index contributed by atoms with van der Waals surface area (Å²) >= 11 is 1.37. The maximum Gasteiger partial charge on any atom is 0.316 e. The molecule has 1 aromatic rings. The molecule has 102 valence electrons. The summed E-state index contributed by atoms with van der Waals surface area (Å²) in [5.41, 5.74) is 0.350. The molecule has 0 amide bonds. The quantitative estimate of drug-likeness (QED) is 0.795. The van der Waals surface area contributed by atoms with E-state index in [1.807, 2.05) is 20.8 Å². The summed E-state index contributed by atoms with van der Waals surface area (Å²) < 4.78 is 18.3. The third kappa shape index (κ3) is 5.75. The molecule has 5 heteroatoms. The van der Waals surface area contributed by atoms with Gasteiger partial charge in [-0.3, -0.25) is 4.79 Å². The lowest BCUT2D eigenvalue weighted by Gasteiger charge is -2.19. The summed E-state index contributed by atoms with van der Waals surface area (Å²) in [5, 5.41) is 8.71. The summed E-state index contributed by atoms with van der Waals surface area (Å²) in [6, 6.07) is 6.16. The average Bonchev–Trinajstić information content (AvgIpc) is 2.29. The van der Waals surface area contributed by atoms with Gasteiger partial charge in [-0.25, -0.2) is 4.39 Å². The Hall–Kier alpha value is -1.54. The van der Waals surface area contributed by atoms with E-state index in [0.29, 0.717) is 5.75 Å². The Morgan fingerprint density at radius 3 is 2.74 bits per heavy atom. The van der Waals surface area contributed by atoms with Crippen molar-refractivity contribution in [1.29, 1.82) is 5.26 Å². The lowest BCUT2D eigenvalue weighted by atomic mass is 10.1. The third-order valence-electron chi connectivity index (χ3n) is 2.06. The van der Waals surface area contributed by atoms with Crippen molar-refractivity contribution >= 4 is 17.7 Å². The number of halogens is 1. The number of nitriles is 1. The van der Waals surface area contributed by atoms with Crippen molar-refractivity contribution in [2.24, 2.45) is 0 Å². The van der Waals surface area contributed by atoms with Crippen LogP contribution in [-0.4, -0.2) is 17.3 Å². The molecule has 0 saturated heterocycles. The molecule has 0 aliphatic rings. The first-order valence-electron chi connectivity index (χ1n) is 5.80. The molecule has 19 heavy (non-hydrogen) atoms. The summed E-state index contributed by atoms with van der Waals surface area (Å²) in [7, 11) is 0. The van der Waals surface area contributed by atoms with E-state index in [4.69, 9.17) is 10.00 Å². The SMILES string of the molecule is CC(C)(C)OC(=O)CSCc1ccc(F)c(C#N)c1. The molecule has 1 aromatic carbocycles. The predicted octanol–water partition coefficient (Wildman–Crippen LogP) is 3.27. The Morgan fingerprint density at radius 2 is 2.16 bits per heavy atom. The first-order chi connectivity index (χ1) is 8.81. The second-order valence-electron chi connectivity index (χ2n) is 5.01. The van der Waals surface area contributed by atoms with Crippen LogP contribution in [-0.2, 0) is 15.3 Å². The zero-order chi connectivity index (χ0) is 14.5. The molecule has 0 heterocycles. The number of thioether (sulfide) groups is 1. The van der Waals surface area contributed by atoms with Gasteiger partial charge in [0.1, 0.15) is 17.5 Å². The molecule has 0 aliphatic carbocycles. The van der Waals surface area contributed by atoms with E-state index in [1.165, 1.54) is 23.9 Å². The van der Waals surface area contributed by atoms with Crippen molar-refractivity contribution in [1.82, 2.24) is 0 Å². The minimum absolute atomic E-state index is 0.0235. The molecule has 0 spiro atoms. The van der Waals surface area contributed by atoms with E-state index >= 15 is 0 Å². The van der Waals surface area contributed by atoms with E-state index in [0.717, 1.165) is 5.56 Å². The number of esters is 1. The van der Waals surface area contributed by atoms with Gasteiger partial charge in [0.05, 0.1) is 11.3 Å². The molecule has 0 aliphatic heterocycles. The molecule has 0 N–H and O–H groups in total. The van der Waals surface area contributed by atoms with E-state index in [2.05, 4.69) is 0 Å². The monoisotopic (exact) mass is 281 g/mol. The van der Waals surface area contributed by atoms with Crippen molar-refractivity contribution in [2.45, 2.75) is 32.1 Å². The van der Waals surface area contributed by atoms with Crippen LogP contribution in [0.5, 0.6) is 0 Å². The van der Waals surface area contributed by atoms with Crippen LogP contribution >= 0.6 is 11.8 Å². The number of carbonyl (C=O) groups excluding carboxylic acids is 1. The highest BCUT2D eigenvalue weighted by Gasteiger charge is 2.15. The highest BCUT2D eigenvalue weighted by Crippen LogP contribution is 2.17. The van der Waals surface area contributed by atoms with Crippen molar-refractivity contribution < 1.29 is 13.9 Å². The predicted molar refractivity (Wildman–Crippen MR) is 73.1 cm³/mol. The van der Waals surface area contributed by atoms with Crippen molar-refractivity contribution in [3.8, 4) is 6.07 Å². The van der Waals surface area contributed by atoms with Crippen LogP contribution in [0.25, 0.3) is 0 Å². The van der Waals surface area contributed by atoms with Crippen LogP contribution < -0.4 is 0 Å². The summed E-state index contributed by atoms with van der Waals surface area (Å²) in [6.07, 6.45) is 0. The second-order valence-corrected chi connectivity index (χ2v) is 5.99. The first-order valence-corrected chi connectivity index (χ1v) is 6.95. The molecule has 0 saturated carbocycles. The van der Waals surface area contributed by atoms with Gasteiger partial charge in [0, 0.05) is 5.75 Å². The Balaban J connectivity index is 2.46. The van der Waals surface area contributed by atoms with E-state index in [9.17, 15) is 9.18 Å². The van der Waals surface area contributed by atoms with E-state index in [-0.39, 0.29) is 17.3 Å². The van der Waals surface area contributed by atoms with Gasteiger partial charge in [-0.05, 0) is 38.5 Å². The maximum absolute atomic E-state index is 13.1. The highest BCUT2D eigenvalue weighted by molar-refractivity contribution is 7.99. The summed E-state index contributed by atoms with van der Waals surface area (Å²) in [5.74, 6) is -0.0337. The van der Waals surface area contributed by atoms with E-state index < -0.39 is 11.4 Å². The number of rotatable bonds is 4. The van der Waals surface area contributed by atoms with Crippen molar-refractivity contribution in [3.05, 3.63) is 35.1 Å². The van der Waals surface area contributed by atoms with Crippen LogP contribution in [0.2, 0.25) is 0 Å². The topological polar surface area (TPSA) is 50.1 Å². The molecule has 0 atom stereocenters. The van der Waals surface area contributed by atoms with Crippen LogP contribution in [0, 0.1) is 17.1 Å². The lowest BCUT2D eigenvalue weighted by Crippen LogP contribution is -2.24. The summed E-state index contributed by atoms with van der Waals surface area (Å²) in [4.78, 5) is 11.5. The van der Waals surface area contributed by atoms with Gasteiger partial charge in [-0.1, -0.05) is 6.07 Å². The lowest BCUT2D eigenvalue weighted by molar-refractivity contribution is -0.151. The highest BCUT2D eigenvalue weighted by atomic mass is 32.2. The maximum atomic E-state index is 13.1. The molecule has 0 bridgehead atoms. The Bertz CT molecular complexity index is 503. The smallest absolute Gasteiger partial charge is 0.316 e. The third-order valence-corrected chi connectivity index (χ3v) is 3.04. The molecular formula is C14H16FNO2S. The van der Waals surface area contributed by atoms with Crippen molar-refractivity contribution in [2.75, 3.05) is 5.75 Å². The fourth-order valence-corrected chi connectivity index (χ4v) is 2.11. The molecule has 0 unspecified atom stereocenters. The van der Waals surface area contributed by atoms with E-state index in [1.54, 1.807) is 12.1 Å². The molecular weight excluding hydrogens is 265 g/mol. The average molecular weight is 281 g/mol. The van der Waals surface area contributed by atoms with Gasteiger partial charge < -0.3 is 4.74 Å². The van der Waals surface area contributed by atoms with Crippen LogP contribution in [0.4, 0.5) is 4.39 Å². The van der Waals surface area contributed by atoms with Crippen LogP contribution in [0.1, 0.15) is 31.9 Å². The Labute approximate surface area is 116 Å². The fourth-order valence-electron chi connectivity index (χ4n) is 1.37. The molecule has 0 fully saturated rings. The van der Waals surface area contributed by atoms with Crippen molar-refractivity contribution in [3.63, 3.8) is 0 Å². The van der Waals surface area contributed by atoms with Crippen LogP contribution in [0.3, 0.4) is 0 Å². The minimum Gasteiger partial charge on any atom is -0.459 e. The Morgan fingerprint density at radius 1 is 1.47 bits per heavy atom. The second kappa shape index (κ2) is 6.58. The number of benzene rings is 1. The molecule has 3 nitrogen and oxygen atoms in total. The largest absolute Gasteiger partial charge is 0.459 e. The van der Waals surface area contributed by atoms with Gasteiger partial charge >= 0.3 is 5.97 Å². The number of hydrogen-bond acceptors (Lipinski definition) is 4. The molecule has 0 aromatic heterocycles. The normalized spacial score (nSPS) is 10.9. The zero-order valence-corrected chi connectivity index (χ0v) is 12.0. The summed E-state index contributed by atoms with van der Waals surface area (Å²) in [6.45, 7) is 5.44.